The third-order valence-electron chi connectivity index (χ3n) is 5.33. The van der Waals surface area contributed by atoms with Gasteiger partial charge in [0, 0.05) is 51.9 Å². The molecule has 2 saturated heterocycles. The molecule has 8 nitrogen and oxygen atoms in total. The lowest BCUT2D eigenvalue weighted by atomic mass is 10.0. The van der Waals surface area contributed by atoms with Crippen LogP contribution in [0.15, 0.2) is 12.4 Å². The van der Waals surface area contributed by atoms with Gasteiger partial charge in [-0.1, -0.05) is 0 Å². The Labute approximate surface area is 148 Å². The number of piperazine rings is 1. The number of hydrogen-bond acceptors (Lipinski definition) is 7. The third-order valence-corrected chi connectivity index (χ3v) is 5.33. The number of anilines is 1. The number of fused-ring (bicyclic) bond motifs is 1. The lowest BCUT2D eigenvalue weighted by Crippen LogP contribution is -2.54. The van der Waals surface area contributed by atoms with Gasteiger partial charge in [0.2, 0.25) is 0 Å². The molecule has 2 aromatic heterocycles. The highest BCUT2D eigenvalue weighted by Crippen LogP contribution is 2.21. The molecule has 2 fully saturated rings. The average molecular weight is 345 g/mol. The minimum atomic E-state index is 0.491. The second-order valence-corrected chi connectivity index (χ2v) is 7.09. The van der Waals surface area contributed by atoms with E-state index in [4.69, 9.17) is 4.74 Å². The van der Waals surface area contributed by atoms with Gasteiger partial charge in [-0.2, -0.15) is 14.6 Å². The molecule has 8 heteroatoms. The van der Waals surface area contributed by atoms with E-state index in [-0.39, 0.29) is 0 Å². The predicted molar refractivity (Wildman–Crippen MR) is 95.8 cm³/mol. The number of likely N-dealkylation sites (tertiary alicyclic amines) is 1. The molecule has 4 heterocycles. The number of aromatic nitrogens is 4. The zero-order valence-corrected chi connectivity index (χ0v) is 15.1. The molecule has 136 valence electrons. The molecule has 0 bridgehead atoms. The summed E-state index contributed by atoms with van der Waals surface area (Å²) in [7, 11) is 3.92. The normalized spacial score (nSPS) is 23.4. The van der Waals surface area contributed by atoms with E-state index in [9.17, 15) is 0 Å². The van der Waals surface area contributed by atoms with E-state index in [1.54, 1.807) is 13.4 Å². The van der Waals surface area contributed by atoms with Crippen molar-refractivity contribution in [2.24, 2.45) is 0 Å². The summed E-state index contributed by atoms with van der Waals surface area (Å²) in [6.07, 6.45) is 4.20. The maximum absolute atomic E-state index is 5.25. The van der Waals surface area contributed by atoms with Gasteiger partial charge in [-0.15, -0.1) is 0 Å². The predicted octanol–water partition coefficient (Wildman–Crippen LogP) is 0.487. The van der Waals surface area contributed by atoms with Gasteiger partial charge in [0.15, 0.2) is 0 Å². The Balaban J connectivity index is 1.48. The van der Waals surface area contributed by atoms with Crippen LogP contribution < -0.4 is 4.90 Å². The average Bonchev–Trinajstić information content (AvgIpc) is 3.10. The Hall–Kier alpha value is -1.77. The molecule has 1 unspecified atom stereocenters. The lowest BCUT2D eigenvalue weighted by Gasteiger charge is -2.43. The summed E-state index contributed by atoms with van der Waals surface area (Å²) in [6, 6.07) is 2.78. The number of nitrogens with zero attached hydrogens (tertiary/aromatic N) is 7. The summed E-state index contributed by atoms with van der Waals surface area (Å²) in [5.41, 5.74) is 0.898. The Bertz CT molecular complexity index is 710. The van der Waals surface area contributed by atoms with Crippen molar-refractivity contribution in [2.75, 3.05) is 58.3 Å². The Morgan fingerprint density at radius 2 is 2.04 bits per heavy atom. The fourth-order valence-electron chi connectivity index (χ4n) is 4.04. The van der Waals surface area contributed by atoms with E-state index < -0.39 is 0 Å². The third kappa shape index (κ3) is 3.47. The quantitative estimate of drug-likeness (QED) is 0.799. The highest BCUT2D eigenvalue weighted by Gasteiger charge is 2.28. The monoisotopic (exact) mass is 345 g/mol. The smallest absolute Gasteiger partial charge is 0.254 e. The van der Waals surface area contributed by atoms with E-state index in [2.05, 4.69) is 42.9 Å². The molecule has 0 saturated carbocycles. The topological polar surface area (TPSA) is 62.0 Å². The van der Waals surface area contributed by atoms with Crippen LogP contribution in [0.1, 0.15) is 18.5 Å². The number of methoxy groups -OCH3 is 1. The van der Waals surface area contributed by atoms with Crippen LogP contribution in [0, 0.1) is 0 Å². The molecule has 0 amide bonds. The SMILES string of the molecule is COCc1cc(N2CCN(C3CCCN(C)C3)CC2)n2ncnc2n1. The number of piperidine rings is 1. The van der Waals surface area contributed by atoms with E-state index in [0.717, 1.165) is 37.7 Å². The molecule has 2 aromatic rings. The zero-order valence-electron chi connectivity index (χ0n) is 15.1. The maximum atomic E-state index is 5.25. The molecule has 25 heavy (non-hydrogen) atoms. The van der Waals surface area contributed by atoms with Gasteiger partial charge < -0.3 is 14.5 Å². The van der Waals surface area contributed by atoms with Crippen molar-refractivity contribution in [3.8, 4) is 0 Å². The first kappa shape index (κ1) is 16.7. The minimum absolute atomic E-state index is 0.491. The van der Waals surface area contributed by atoms with Crippen LogP contribution in [0.3, 0.4) is 0 Å². The molecule has 0 spiro atoms. The molecular formula is C17H27N7O. The van der Waals surface area contributed by atoms with Crippen molar-refractivity contribution in [3.05, 3.63) is 18.1 Å². The van der Waals surface area contributed by atoms with Gasteiger partial charge >= 0.3 is 0 Å². The summed E-state index contributed by atoms with van der Waals surface area (Å²) in [4.78, 5) is 16.3. The van der Waals surface area contributed by atoms with Gasteiger partial charge in [-0.05, 0) is 26.4 Å². The Morgan fingerprint density at radius 1 is 1.20 bits per heavy atom. The zero-order chi connectivity index (χ0) is 17.2. The molecule has 0 aliphatic carbocycles. The van der Waals surface area contributed by atoms with Crippen molar-refractivity contribution in [3.63, 3.8) is 0 Å². The second kappa shape index (κ2) is 7.23. The van der Waals surface area contributed by atoms with Crippen molar-refractivity contribution in [2.45, 2.75) is 25.5 Å². The van der Waals surface area contributed by atoms with Gasteiger partial charge in [-0.3, -0.25) is 4.90 Å². The maximum Gasteiger partial charge on any atom is 0.254 e. The fraction of sp³-hybridized carbons (Fsp3) is 0.706. The minimum Gasteiger partial charge on any atom is -0.378 e. The van der Waals surface area contributed by atoms with Gasteiger partial charge in [0.05, 0.1) is 12.3 Å². The number of rotatable bonds is 4. The first-order valence-electron chi connectivity index (χ1n) is 9.11. The number of hydrogen-bond donors (Lipinski definition) is 0. The fourth-order valence-corrected chi connectivity index (χ4v) is 4.04. The summed E-state index contributed by atoms with van der Waals surface area (Å²) >= 11 is 0. The first-order chi connectivity index (χ1) is 12.2. The highest BCUT2D eigenvalue weighted by molar-refractivity contribution is 5.47. The van der Waals surface area contributed by atoms with E-state index in [1.165, 1.54) is 25.9 Å². The van der Waals surface area contributed by atoms with Crippen LogP contribution in [0.2, 0.25) is 0 Å². The van der Waals surface area contributed by atoms with Crippen LogP contribution in [-0.4, -0.2) is 88.8 Å². The second-order valence-electron chi connectivity index (χ2n) is 7.09. The number of likely N-dealkylation sites (N-methyl/N-ethyl adjacent to an activating group) is 1. The molecule has 0 N–H and O–H groups in total. The van der Waals surface area contributed by atoms with Crippen molar-refractivity contribution >= 4 is 11.6 Å². The highest BCUT2D eigenvalue weighted by atomic mass is 16.5. The summed E-state index contributed by atoms with van der Waals surface area (Å²) in [5, 5.41) is 4.35. The van der Waals surface area contributed by atoms with Crippen LogP contribution in [0.5, 0.6) is 0 Å². The first-order valence-corrected chi connectivity index (χ1v) is 9.11. The van der Waals surface area contributed by atoms with E-state index >= 15 is 0 Å². The largest absolute Gasteiger partial charge is 0.378 e. The Morgan fingerprint density at radius 3 is 2.80 bits per heavy atom. The van der Waals surface area contributed by atoms with Gasteiger partial charge in [0.25, 0.3) is 5.78 Å². The van der Waals surface area contributed by atoms with Crippen LogP contribution in [-0.2, 0) is 11.3 Å². The van der Waals surface area contributed by atoms with Crippen molar-refractivity contribution < 1.29 is 4.74 Å². The summed E-state index contributed by atoms with van der Waals surface area (Å²) in [6.45, 7) is 7.12. The molecule has 1 atom stereocenters. The van der Waals surface area contributed by atoms with E-state index in [0.29, 0.717) is 18.4 Å². The van der Waals surface area contributed by atoms with Crippen LogP contribution in [0.4, 0.5) is 5.82 Å². The molecule has 2 aliphatic rings. The Kier molecular flexibility index (Phi) is 4.82. The van der Waals surface area contributed by atoms with E-state index in [1.807, 2.05) is 4.52 Å². The number of ether oxygens (including phenoxy) is 1. The summed E-state index contributed by atoms with van der Waals surface area (Å²) in [5.74, 6) is 1.70. The molecule has 0 aromatic carbocycles. The standard InChI is InChI=1S/C17H27N7O/c1-21-5-3-4-15(11-21)22-6-8-23(9-7-22)16-10-14(12-25-2)20-17-18-13-19-24(16)17/h10,13,15H,3-9,11-12H2,1-2H3. The molecule has 2 aliphatic heterocycles. The van der Waals surface area contributed by atoms with Crippen molar-refractivity contribution in [1.82, 2.24) is 29.4 Å². The van der Waals surface area contributed by atoms with Crippen LogP contribution >= 0.6 is 0 Å². The summed E-state index contributed by atoms with van der Waals surface area (Å²) < 4.78 is 7.09. The van der Waals surface area contributed by atoms with Gasteiger partial charge in [-0.25, -0.2) is 4.98 Å². The van der Waals surface area contributed by atoms with Crippen molar-refractivity contribution in [1.29, 1.82) is 0 Å². The van der Waals surface area contributed by atoms with Crippen LogP contribution in [0.25, 0.3) is 5.78 Å². The van der Waals surface area contributed by atoms with Gasteiger partial charge in [0.1, 0.15) is 12.1 Å². The molecule has 4 rings (SSSR count). The lowest BCUT2D eigenvalue weighted by molar-refractivity contribution is 0.106. The molecular weight excluding hydrogens is 318 g/mol. The molecule has 0 radical (unpaired) electrons.